The van der Waals surface area contributed by atoms with Crippen LogP contribution in [0.2, 0.25) is 0 Å². The van der Waals surface area contributed by atoms with Crippen LogP contribution >= 0.6 is 0 Å². The molecule has 2 heterocycles. The summed E-state index contributed by atoms with van der Waals surface area (Å²) in [5.41, 5.74) is 0. The fraction of sp³-hybridized carbons (Fsp3) is 0.615. The van der Waals surface area contributed by atoms with Crippen molar-refractivity contribution in [2.75, 3.05) is 13.2 Å². The quantitative estimate of drug-likeness (QED) is 0.721. The second kappa shape index (κ2) is 6.93. The molecular weight excluding hydrogens is 236 g/mol. The van der Waals surface area contributed by atoms with Crippen molar-refractivity contribution < 1.29 is 23.7 Å². The molecule has 100 valence electrons. The summed E-state index contributed by atoms with van der Waals surface area (Å²) >= 11 is 0. The Hall–Kier alpha value is -1.65. The van der Waals surface area contributed by atoms with Gasteiger partial charge in [-0.3, -0.25) is 0 Å². The van der Waals surface area contributed by atoms with Crippen molar-refractivity contribution in [1.29, 1.82) is 0 Å². The lowest BCUT2D eigenvalue weighted by Gasteiger charge is -2.20. The molecule has 0 aromatic carbocycles. The second-order valence-electron chi connectivity index (χ2n) is 4.29. The number of rotatable bonds is 4. The van der Waals surface area contributed by atoms with Crippen LogP contribution in [-0.4, -0.2) is 31.6 Å². The third kappa shape index (κ3) is 4.31. The smallest absolute Gasteiger partial charge is 0.495 e. The zero-order chi connectivity index (χ0) is 12.6. The van der Waals surface area contributed by atoms with E-state index in [1.54, 1.807) is 12.5 Å². The molecule has 5 heteroatoms. The van der Waals surface area contributed by atoms with Crippen LogP contribution in [0.25, 0.3) is 0 Å². The molecule has 0 saturated heterocycles. The Morgan fingerprint density at radius 3 is 1.89 bits per heavy atom. The summed E-state index contributed by atoms with van der Waals surface area (Å²) in [6, 6.07) is 0. The molecule has 0 aromatic rings. The summed E-state index contributed by atoms with van der Waals surface area (Å²) in [5, 5.41) is 0. The van der Waals surface area contributed by atoms with Crippen LogP contribution in [0.4, 0.5) is 4.79 Å². The molecule has 2 aliphatic heterocycles. The van der Waals surface area contributed by atoms with Crippen molar-refractivity contribution >= 4 is 6.16 Å². The van der Waals surface area contributed by atoms with Gasteiger partial charge in [0.25, 0.3) is 0 Å². The van der Waals surface area contributed by atoms with Crippen LogP contribution in [0.5, 0.6) is 0 Å². The van der Waals surface area contributed by atoms with Crippen LogP contribution in [0.1, 0.15) is 25.7 Å². The maximum atomic E-state index is 11.3. The minimum absolute atomic E-state index is 0.0589. The van der Waals surface area contributed by atoms with Gasteiger partial charge < -0.3 is 18.9 Å². The first-order valence-corrected chi connectivity index (χ1v) is 6.25. The van der Waals surface area contributed by atoms with Crippen molar-refractivity contribution in [3.05, 3.63) is 24.7 Å². The molecule has 2 aliphatic rings. The molecule has 0 N–H and O–H groups in total. The first-order valence-electron chi connectivity index (χ1n) is 6.25. The molecule has 0 saturated carbocycles. The van der Waals surface area contributed by atoms with E-state index in [0.29, 0.717) is 0 Å². The lowest BCUT2D eigenvalue weighted by Crippen LogP contribution is -2.25. The Kier molecular flexibility index (Phi) is 4.93. The number of hydrogen-bond donors (Lipinski definition) is 0. The zero-order valence-corrected chi connectivity index (χ0v) is 10.2. The monoisotopic (exact) mass is 254 g/mol. The lowest BCUT2D eigenvalue weighted by atomic mass is 10.2. The minimum Gasteiger partial charge on any atom is -0.495 e. The van der Waals surface area contributed by atoms with Crippen molar-refractivity contribution in [2.45, 2.75) is 37.9 Å². The van der Waals surface area contributed by atoms with Crippen LogP contribution < -0.4 is 0 Å². The van der Waals surface area contributed by atoms with E-state index in [4.69, 9.17) is 18.9 Å². The van der Waals surface area contributed by atoms with E-state index in [1.165, 1.54) is 0 Å². The van der Waals surface area contributed by atoms with E-state index in [0.717, 1.165) is 25.7 Å². The number of carbonyl (C=O) groups is 1. The largest absolute Gasteiger partial charge is 0.508 e. The van der Waals surface area contributed by atoms with Gasteiger partial charge in [0.2, 0.25) is 0 Å². The van der Waals surface area contributed by atoms with Gasteiger partial charge >= 0.3 is 6.16 Å². The molecule has 2 rings (SSSR count). The average Bonchev–Trinajstić information content (AvgIpc) is 2.45. The van der Waals surface area contributed by atoms with E-state index in [2.05, 4.69) is 0 Å². The van der Waals surface area contributed by atoms with E-state index < -0.39 is 6.16 Å². The minimum atomic E-state index is -0.661. The summed E-state index contributed by atoms with van der Waals surface area (Å²) in [6.07, 6.45) is 10.0. The number of ether oxygens (including phenoxy) is 4. The Balaban J connectivity index is 1.57. The third-order valence-electron chi connectivity index (χ3n) is 2.82. The van der Waals surface area contributed by atoms with Gasteiger partial charge in [-0.25, -0.2) is 4.79 Å². The highest BCUT2D eigenvalue weighted by Gasteiger charge is 2.17. The maximum Gasteiger partial charge on any atom is 0.508 e. The van der Waals surface area contributed by atoms with Crippen LogP contribution in [-0.2, 0) is 18.9 Å². The van der Waals surface area contributed by atoms with Crippen molar-refractivity contribution in [3.63, 3.8) is 0 Å². The Morgan fingerprint density at radius 1 is 1.00 bits per heavy atom. The van der Waals surface area contributed by atoms with Crippen molar-refractivity contribution in [1.82, 2.24) is 0 Å². The average molecular weight is 254 g/mol. The maximum absolute atomic E-state index is 11.3. The Morgan fingerprint density at radius 2 is 1.50 bits per heavy atom. The van der Waals surface area contributed by atoms with Gasteiger partial charge in [-0.1, -0.05) is 0 Å². The predicted octanol–water partition coefficient (Wildman–Crippen LogP) is 2.53. The Labute approximate surface area is 106 Å². The lowest BCUT2D eigenvalue weighted by molar-refractivity contribution is -0.0139. The van der Waals surface area contributed by atoms with E-state index >= 15 is 0 Å². The highest BCUT2D eigenvalue weighted by atomic mass is 16.7. The molecule has 0 aromatic heterocycles. The molecule has 0 bridgehead atoms. The topological polar surface area (TPSA) is 54.0 Å². The molecule has 5 nitrogen and oxygen atoms in total. The summed E-state index contributed by atoms with van der Waals surface area (Å²) in [5.74, 6) is 0. The van der Waals surface area contributed by atoms with E-state index in [-0.39, 0.29) is 25.4 Å². The molecule has 0 radical (unpaired) electrons. The summed E-state index contributed by atoms with van der Waals surface area (Å²) in [7, 11) is 0. The SMILES string of the molecule is O=C(OCC1CCC=CO1)OCC1CCC=CO1. The highest BCUT2D eigenvalue weighted by Crippen LogP contribution is 2.12. The van der Waals surface area contributed by atoms with Gasteiger partial charge in [-0.15, -0.1) is 0 Å². The second-order valence-corrected chi connectivity index (χ2v) is 4.29. The van der Waals surface area contributed by atoms with Crippen LogP contribution in [0.15, 0.2) is 24.7 Å². The van der Waals surface area contributed by atoms with Crippen LogP contribution in [0, 0.1) is 0 Å². The standard InChI is InChI=1S/C13H18O5/c14-13(17-9-11-5-1-3-7-15-11)18-10-12-6-2-4-8-16-12/h3-4,7-8,11-12H,1-2,5-6,9-10H2. The first-order chi connectivity index (χ1) is 8.84. The number of allylic oxidation sites excluding steroid dienone is 2. The normalized spacial score (nSPS) is 26.0. The summed E-state index contributed by atoms with van der Waals surface area (Å²) in [6.45, 7) is 0.462. The van der Waals surface area contributed by atoms with Gasteiger partial charge in [0.05, 0.1) is 12.5 Å². The zero-order valence-electron chi connectivity index (χ0n) is 10.2. The molecule has 18 heavy (non-hydrogen) atoms. The highest BCUT2D eigenvalue weighted by molar-refractivity contribution is 5.59. The van der Waals surface area contributed by atoms with Gasteiger partial charge in [-0.05, 0) is 37.8 Å². The third-order valence-corrected chi connectivity index (χ3v) is 2.82. The predicted molar refractivity (Wildman–Crippen MR) is 63.8 cm³/mol. The van der Waals surface area contributed by atoms with Gasteiger partial charge in [0, 0.05) is 0 Å². The molecule has 2 unspecified atom stereocenters. The first kappa shape index (κ1) is 12.8. The summed E-state index contributed by atoms with van der Waals surface area (Å²) in [4.78, 5) is 11.3. The fourth-order valence-corrected chi connectivity index (χ4v) is 1.78. The summed E-state index contributed by atoms with van der Waals surface area (Å²) < 4.78 is 20.5. The van der Waals surface area contributed by atoms with Crippen molar-refractivity contribution in [3.8, 4) is 0 Å². The van der Waals surface area contributed by atoms with Gasteiger partial charge in [0.15, 0.2) is 0 Å². The molecule has 2 atom stereocenters. The van der Waals surface area contributed by atoms with Gasteiger partial charge in [0.1, 0.15) is 25.4 Å². The van der Waals surface area contributed by atoms with E-state index in [9.17, 15) is 4.79 Å². The fourth-order valence-electron chi connectivity index (χ4n) is 1.78. The molecule has 0 fully saturated rings. The molecule has 0 spiro atoms. The number of hydrogen-bond acceptors (Lipinski definition) is 5. The molecular formula is C13H18O5. The number of carbonyl (C=O) groups excluding carboxylic acids is 1. The van der Waals surface area contributed by atoms with E-state index in [1.807, 2.05) is 12.2 Å². The van der Waals surface area contributed by atoms with Crippen LogP contribution in [0.3, 0.4) is 0 Å². The van der Waals surface area contributed by atoms with Gasteiger partial charge in [-0.2, -0.15) is 0 Å². The molecule has 0 amide bonds. The van der Waals surface area contributed by atoms with Crippen molar-refractivity contribution in [2.24, 2.45) is 0 Å². The Bertz CT molecular complexity index is 293. The molecule has 0 aliphatic carbocycles.